The Morgan fingerprint density at radius 1 is 1.16 bits per heavy atom. The van der Waals surface area contributed by atoms with Gasteiger partial charge in [0.05, 0.1) is 46.5 Å². The Morgan fingerprint density at radius 3 is 2.68 bits per heavy atom. The molecule has 7 nitrogen and oxygen atoms in total. The van der Waals surface area contributed by atoms with E-state index >= 15 is 0 Å². The molecular weight excluding hydrogens is 512 g/mol. The van der Waals surface area contributed by atoms with Crippen LogP contribution >= 0.6 is 23.4 Å². The molecule has 0 aromatic heterocycles. The fourth-order valence-electron chi connectivity index (χ4n) is 6.22. The summed E-state index contributed by atoms with van der Waals surface area (Å²) in [5, 5.41) is 10.5. The summed E-state index contributed by atoms with van der Waals surface area (Å²) in [6, 6.07) is 5.68. The van der Waals surface area contributed by atoms with Crippen LogP contribution in [0.3, 0.4) is 0 Å². The number of hydrogen-bond acceptors (Lipinski definition) is 6. The molecule has 1 N–H and O–H groups in total. The molecule has 2 saturated heterocycles. The molecule has 1 aromatic rings. The van der Waals surface area contributed by atoms with Crippen LogP contribution < -0.4 is 4.90 Å². The molecule has 1 aromatic carbocycles. The van der Waals surface area contributed by atoms with Crippen LogP contribution in [0.15, 0.2) is 48.6 Å². The monoisotopic (exact) mass is 544 g/mol. The van der Waals surface area contributed by atoms with Crippen molar-refractivity contribution in [2.45, 2.75) is 55.2 Å². The Labute approximate surface area is 226 Å². The number of amides is 2. The number of carbonyl (C=O) groups is 3. The molecule has 0 radical (unpaired) electrons. The van der Waals surface area contributed by atoms with E-state index in [0.29, 0.717) is 17.3 Å². The summed E-state index contributed by atoms with van der Waals surface area (Å²) in [6.07, 6.45) is 10.5. The second-order valence-corrected chi connectivity index (χ2v) is 12.4. The molecule has 0 bridgehead atoms. The lowest BCUT2D eigenvalue weighted by atomic mass is 9.78. The van der Waals surface area contributed by atoms with E-state index in [1.165, 1.54) is 11.8 Å². The van der Waals surface area contributed by atoms with E-state index in [2.05, 4.69) is 6.08 Å². The van der Waals surface area contributed by atoms with Crippen LogP contribution in [-0.4, -0.2) is 69.6 Å². The number of likely N-dealkylation sites (tertiary alicyclic amines) is 1. The van der Waals surface area contributed by atoms with Crippen molar-refractivity contribution in [1.82, 2.24) is 4.90 Å². The van der Waals surface area contributed by atoms with Gasteiger partial charge < -0.3 is 19.6 Å². The molecule has 4 aliphatic rings. The summed E-state index contributed by atoms with van der Waals surface area (Å²) in [6.45, 7) is 4.18. The Kier molecular flexibility index (Phi) is 7.44. The van der Waals surface area contributed by atoms with Gasteiger partial charge in [-0.1, -0.05) is 61.9 Å². The highest BCUT2D eigenvalue weighted by atomic mass is 35.5. The third kappa shape index (κ3) is 4.31. The SMILES string of the molecule is CC(C)[C@H](CO)N1C(=O)[C@@H]2[C@H]3C(=O)OCCCC/C=C\[C@H]3S[C@@]23C=CCN(c2ccccc2Cl)C(=O)C13. The topological polar surface area (TPSA) is 87.2 Å². The van der Waals surface area contributed by atoms with Crippen LogP contribution in [0.1, 0.15) is 33.1 Å². The van der Waals surface area contributed by atoms with Gasteiger partial charge >= 0.3 is 5.97 Å². The lowest BCUT2D eigenvalue weighted by Crippen LogP contribution is -2.57. The van der Waals surface area contributed by atoms with Crippen molar-refractivity contribution in [2.75, 3.05) is 24.7 Å². The maximum absolute atomic E-state index is 14.5. The second-order valence-electron chi connectivity index (χ2n) is 10.5. The Morgan fingerprint density at radius 2 is 1.95 bits per heavy atom. The molecule has 1 spiro atoms. The van der Waals surface area contributed by atoms with Crippen LogP contribution in [0, 0.1) is 17.8 Å². The molecule has 37 heavy (non-hydrogen) atoms. The van der Waals surface area contributed by atoms with Gasteiger partial charge in [0.15, 0.2) is 0 Å². The third-order valence-corrected chi connectivity index (χ3v) is 10.1. The average Bonchev–Trinajstić information content (AvgIpc) is 3.25. The number of benzene rings is 1. The molecule has 4 heterocycles. The van der Waals surface area contributed by atoms with E-state index in [9.17, 15) is 19.5 Å². The van der Waals surface area contributed by atoms with Crippen LogP contribution in [0.25, 0.3) is 0 Å². The highest BCUT2D eigenvalue weighted by Gasteiger charge is 2.71. The minimum Gasteiger partial charge on any atom is -0.465 e. The van der Waals surface area contributed by atoms with E-state index in [0.717, 1.165) is 19.3 Å². The maximum atomic E-state index is 14.5. The molecule has 1 unspecified atom stereocenters. The summed E-state index contributed by atoms with van der Waals surface area (Å²) in [4.78, 5) is 45.4. The lowest BCUT2D eigenvalue weighted by molar-refractivity contribution is -0.153. The molecule has 9 heteroatoms. The number of anilines is 1. The van der Waals surface area contributed by atoms with Gasteiger partial charge in [-0.3, -0.25) is 14.4 Å². The normalized spacial score (nSPS) is 33.5. The number of cyclic esters (lactones) is 1. The number of hydrogen-bond donors (Lipinski definition) is 1. The van der Waals surface area contributed by atoms with Crippen LogP contribution in [0.5, 0.6) is 0 Å². The summed E-state index contributed by atoms with van der Waals surface area (Å²) in [5.41, 5.74) is 0.568. The third-order valence-electron chi connectivity index (χ3n) is 8.00. The molecule has 5 rings (SSSR count). The van der Waals surface area contributed by atoms with Gasteiger partial charge in [0.2, 0.25) is 5.91 Å². The molecule has 0 saturated carbocycles. The molecule has 198 valence electrons. The van der Waals surface area contributed by atoms with Crippen molar-refractivity contribution < 1.29 is 24.2 Å². The number of ether oxygens (including phenoxy) is 1. The van der Waals surface area contributed by atoms with Crippen molar-refractivity contribution in [2.24, 2.45) is 17.8 Å². The number of allylic oxidation sites excluding steroid dienone is 1. The predicted octanol–water partition coefficient (Wildman–Crippen LogP) is 3.84. The maximum Gasteiger partial charge on any atom is 0.311 e. The smallest absolute Gasteiger partial charge is 0.311 e. The Balaban J connectivity index is 1.66. The fraction of sp³-hybridized carbons (Fsp3) is 0.536. The van der Waals surface area contributed by atoms with Gasteiger partial charge in [0.25, 0.3) is 5.91 Å². The lowest BCUT2D eigenvalue weighted by Gasteiger charge is -2.40. The van der Waals surface area contributed by atoms with E-state index < -0.39 is 34.6 Å². The molecule has 0 aliphatic carbocycles. The van der Waals surface area contributed by atoms with Crippen LogP contribution in [-0.2, 0) is 19.1 Å². The summed E-state index contributed by atoms with van der Waals surface area (Å²) >= 11 is 8.01. The number of rotatable bonds is 4. The molecule has 6 atom stereocenters. The molecule has 2 amide bonds. The van der Waals surface area contributed by atoms with Gasteiger partial charge in [0, 0.05) is 11.8 Å². The van der Waals surface area contributed by atoms with E-state index in [1.54, 1.807) is 28.0 Å². The minimum atomic E-state index is -0.973. The van der Waals surface area contributed by atoms with Gasteiger partial charge in [-0.25, -0.2) is 0 Å². The number of esters is 1. The first-order valence-electron chi connectivity index (χ1n) is 13.0. The number of fused-ring (bicyclic) bond motifs is 2. The Hall–Kier alpha value is -2.29. The second kappa shape index (κ2) is 10.5. The van der Waals surface area contributed by atoms with Crippen molar-refractivity contribution in [3.05, 3.63) is 53.6 Å². The molecule has 4 aliphatic heterocycles. The fourth-order valence-corrected chi connectivity index (χ4v) is 8.45. The van der Waals surface area contributed by atoms with Gasteiger partial charge in [-0.2, -0.15) is 0 Å². The van der Waals surface area contributed by atoms with Crippen molar-refractivity contribution in [3.8, 4) is 0 Å². The molecule has 2 fully saturated rings. The summed E-state index contributed by atoms with van der Waals surface area (Å²) in [7, 11) is 0. The first-order chi connectivity index (χ1) is 17.8. The van der Waals surface area contributed by atoms with Crippen molar-refractivity contribution >= 4 is 46.8 Å². The molecular formula is C28H33ClN2O5S. The van der Waals surface area contributed by atoms with E-state index in [-0.39, 0.29) is 36.1 Å². The number of aliphatic hydroxyl groups excluding tert-OH is 1. The minimum absolute atomic E-state index is 0.102. The van der Waals surface area contributed by atoms with Crippen LogP contribution in [0.2, 0.25) is 5.02 Å². The zero-order valence-corrected chi connectivity index (χ0v) is 22.7. The Bertz CT molecular complexity index is 1140. The number of nitrogens with zero attached hydrogens (tertiary/aromatic N) is 2. The zero-order chi connectivity index (χ0) is 26.3. The summed E-state index contributed by atoms with van der Waals surface area (Å²) < 4.78 is 4.68. The number of para-hydroxylation sites is 1. The standard InChI is InChI=1S/C28H33ClN2O5S/c1-17(2)20(16-32)31-24-26(34)30(19-11-7-6-10-18(19)29)14-9-13-28(24)23(25(31)33)22-21(37-28)12-5-3-4-8-15-36-27(22)35/h5-7,9-13,17,20-24,32H,3-4,8,14-16H2,1-2H3/b12-5-/t20-,21+,22-,23-,24?,28-/m0/s1. The number of thioether (sulfide) groups is 1. The average molecular weight is 545 g/mol. The van der Waals surface area contributed by atoms with Gasteiger partial charge in [0.1, 0.15) is 6.04 Å². The number of carbonyl (C=O) groups excluding carboxylic acids is 3. The van der Waals surface area contributed by atoms with E-state index in [4.69, 9.17) is 16.3 Å². The van der Waals surface area contributed by atoms with Crippen LogP contribution in [0.4, 0.5) is 5.69 Å². The van der Waals surface area contributed by atoms with Gasteiger partial charge in [-0.15, -0.1) is 11.8 Å². The first-order valence-corrected chi connectivity index (χ1v) is 14.3. The van der Waals surface area contributed by atoms with E-state index in [1.807, 2.05) is 38.1 Å². The highest BCUT2D eigenvalue weighted by molar-refractivity contribution is 8.02. The first kappa shape index (κ1) is 26.3. The number of halogens is 1. The van der Waals surface area contributed by atoms with Crippen molar-refractivity contribution in [1.29, 1.82) is 0 Å². The largest absolute Gasteiger partial charge is 0.465 e. The zero-order valence-electron chi connectivity index (χ0n) is 21.1. The number of aliphatic hydroxyl groups is 1. The predicted molar refractivity (Wildman–Crippen MR) is 144 cm³/mol. The quantitative estimate of drug-likeness (QED) is 0.458. The highest BCUT2D eigenvalue weighted by Crippen LogP contribution is 2.61. The summed E-state index contributed by atoms with van der Waals surface area (Å²) in [5.74, 6) is -2.52. The van der Waals surface area contributed by atoms with Gasteiger partial charge in [-0.05, 0) is 37.3 Å². The van der Waals surface area contributed by atoms with Crippen molar-refractivity contribution in [3.63, 3.8) is 0 Å².